The molecule has 1 aromatic carbocycles. The van der Waals surface area contributed by atoms with Gasteiger partial charge in [-0.15, -0.1) is 11.8 Å². The van der Waals surface area contributed by atoms with Crippen molar-refractivity contribution in [3.05, 3.63) is 35.4 Å². The Bertz CT molecular complexity index is 574. The third-order valence-corrected chi connectivity index (χ3v) is 3.63. The molecule has 2 N–H and O–H groups in total. The fourth-order valence-corrected chi connectivity index (χ4v) is 1.84. The van der Waals surface area contributed by atoms with Gasteiger partial charge in [-0.1, -0.05) is 18.1 Å². The van der Waals surface area contributed by atoms with Crippen molar-refractivity contribution in [1.82, 2.24) is 0 Å². The lowest BCUT2D eigenvalue weighted by molar-refractivity contribution is -0.169. The summed E-state index contributed by atoms with van der Waals surface area (Å²) in [4.78, 5) is 14.3. The van der Waals surface area contributed by atoms with Gasteiger partial charge in [0.2, 0.25) is 0 Å². The molecule has 0 fully saturated rings. The smallest absolute Gasteiger partial charge is 0.392 e. The highest BCUT2D eigenvalue weighted by Gasteiger charge is 2.35. The lowest BCUT2D eigenvalue weighted by Gasteiger charge is -2.07. The number of alkyl halides is 3. The first kappa shape index (κ1) is 23.2. The molecule has 0 aliphatic rings. The Morgan fingerprint density at radius 3 is 2.20 bits per heavy atom. The molecule has 142 valence electrons. The van der Waals surface area contributed by atoms with E-state index in [0.29, 0.717) is 5.04 Å². The number of primary amides is 1. The van der Waals surface area contributed by atoms with Crippen LogP contribution in [-0.2, 0) is 15.4 Å². The average Bonchev–Trinajstić information content (AvgIpc) is 2.51. The number of nitrogens with zero attached hydrogens (tertiary/aromatic N) is 1. The number of halogens is 5. The van der Waals surface area contributed by atoms with Gasteiger partial charge in [0.15, 0.2) is 0 Å². The number of carbonyl (C=O) groups excluding carboxylic acids is 1. The summed E-state index contributed by atoms with van der Waals surface area (Å²) in [5.74, 6) is -3.11. The highest BCUT2D eigenvalue weighted by Crippen LogP contribution is 2.20. The van der Waals surface area contributed by atoms with E-state index in [-0.39, 0.29) is 17.4 Å². The van der Waals surface area contributed by atoms with Gasteiger partial charge in [-0.2, -0.15) is 13.2 Å². The van der Waals surface area contributed by atoms with E-state index >= 15 is 0 Å². The normalized spacial score (nSPS) is 12.9. The Morgan fingerprint density at radius 2 is 1.80 bits per heavy atom. The molecule has 0 saturated carbocycles. The molecule has 1 aromatic rings. The monoisotopic (exact) mass is 386 g/mol. The molecule has 1 rings (SSSR count). The van der Waals surface area contributed by atoms with Gasteiger partial charge in [0, 0.05) is 11.3 Å². The van der Waals surface area contributed by atoms with Gasteiger partial charge in [0.1, 0.15) is 22.8 Å². The van der Waals surface area contributed by atoms with Crippen molar-refractivity contribution >= 4 is 22.7 Å². The zero-order chi connectivity index (χ0) is 19.6. The van der Waals surface area contributed by atoms with Crippen molar-refractivity contribution in [2.45, 2.75) is 45.2 Å². The molecule has 0 aliphatic carbocycles. The van der Waals surface area contributed by atoms with Crippen molar-refractivity contribution in [2.75, 3.05) is 0 Å². The number of hydrogen-bond donors (Lipinski definition) is 1. The van der Waals surface area contributed by atoms with E-state index in [2.05, 4.69) is 10.9 Å². The third kappa shape index (κ3) is 9.90. The molecule has 1 unspecified atom stereocenters. The van der Waals surface area contributed by atoms with Gasteiger partial charge in [-0.25, -0.2) is 8.78 Å². The first-order valence-electron chi connectivity index (χ1n) is 7.11. The van der Waals surface area contributed by atoms with Gasteiger partial charge in [-0.05, 0) is 32.4 Å². The largest absolute Gasteiger partial charge is 0.470 e. The topological polar surface area (TPSA) is 64.7 Å². The van der Waals surface area contributed by atoms with Crippen LogP contribution < -0.4 is 5.73 Å². The molecule has 0 bridgehead atoms. The minimum Gasteiger partial charge on any atom is -0.392 e. The van der Waals surface area contributed by atoms with E-state index in [4.69, 9.17) is 9.63 Å². The van der Waals surface area contributed by atoms with Crippen LogP contribution in [0.15, 0.2) is 23.4 Å². The van der Waals surface area contributed by atoms with Crippen LogP contribution in [0.4, 0.5) is 22.0 Å². The Kier molecular flexibility index (Phi) is 10.1. The average molecular weight is 386 g/mol. The summed E-state index contributed by atoms with van der Waals surface area (Å²) < 4.78 is 58.8. The van der Waals surface area contributed by atoms with Crippen LogP contribution in [0, 0.1) is 11.6 Å². The van der Waals surface area contributed by atoms with Crippen molar-refractivity contribution in [3.63, 3.8) is 0 Å². The summed E-state index contributed by atoms with van der Waals surface area (Å²) in [7, 11) is 0. The summed E-state index contributed by atoms with van der Waals surface area (Å²) in [6.07, 6.45) is -3.95. The molecular weight excluding hydrogens is 367 g/mol. The van der Waals surface area contributed by atoms with Crippen LogP contribution in [0.5, 0.6) is 0 Å². The number of nitrogens with two attached hydrogens (primary N) is 1. The van der Waals surface area contributed by atoms with Crippen LogP contribution in [-0.4, -0.2) is 23.2 Å². The van der Waals surface area contributed by atoms with Crippen LogP contribution in [0.2, 0.25) is 0 Å². The molecule has 1 atom stereocenters. The van der Waals surface area contributed by atoms with Crippen molar-refractivity contribution in [3.8, 4) is 0 Å². The number of rotatable bonds is 5. The second kappa shape index (κ2) is 10.9. The highest BCUT2D eigenvalue weighted by molar-refractivity contribution is 8.13. The van der Waals surface area contributed by atoms with Gasteiger partial charge in [0.05, 0.1) is 0 Å². The molecule has 10 heteroatoms. The van der Waals surface area contributed by atoms with Gasteiger partial charge < -0.3 is 10.6 Å². The molecule has 0 saturated heterocycles. The molecule has 0 aromatic heterocycles. The molecule has 0 aliphatic heterocycles. The van der Waals surface area contributed by atoms with Crippen LogP contribution in [0.1, 0.15) is 32.8 Å². The number of hydrogen-bond acceptors (Lipinski definition) is 4. The number of amides is 1. The molecule has 0 radical (unpaired) electrons. The Hall–Kier alpha value is -1.84. The summed E-state index contributed by atoms with van der Waals surface area (Å²) >= 11 is 1.26. The van der Waals surface area contributed by atoms with E-state index in [1.165, 1.54) is 30.0 Å². The van der Waals surface area contributed by atoms with Crippen LogP contribution in [0.25, 0.3) is 0 Å². The maximum Gasteiger partial charge on any atom is 0.470 e. The van der Waals surface area contributed by atoms with Gasteiger partial charge in [-0.3, -0.25) is 4.79 Å². The van der Waals surface area contributed by atoms with E-state index in [1.807, 2.05) is 13.8 Å². The van der Waals surface area contributed by atoms with E-state index < -0.39 is 23.7 Å². The highest BCUT2D eigenvalue weighted by atomic mass is 32.2. The number of benzene rings is 1. The van der Waals surface area contributed by atoms with Crippen LogP contribution in [0.3, 0.4) is 0 Å². The zero-order valence-electron chi connectivity index (χ0n) is 13.9. The number of carbonyl (C=O) groups is 1. The SMILES string of the molecule is CCC(C)O/N=C(\C)SCc1c(F)cccc1F.NC(=O)C(F)(F)F. The Balaban J connectivity index is 0.000000697. The number of thioether (sulfide) groups is 1. The second-order valence-electron chi connectivity index (χ2n) is 4.79. The molecule has 4 nitrogen and oxygen atoms in total. The first-order valence-corrected chi connectivity index (χ1v) is 8.10. The molecule has 0 heterocycles. The Labute approximate surface area is 146 Å². The summed E-state index contributed by atoms with van der Waals surface area (Å²) in [5, 5.41) is 4.55. The van der Waals surface area contributed by atoms with Gasteiger partial charge >= 0.3 is 12.1 Å². The maximum atomic E-state index is 13.3. The lowest BCUT2D eigenvalue weighted by atomic mass is 10.2. The first-order chi connectivity index (χ1) is 11.5. The minimum absolute atomic E-state index is 0.0470. The predicted molar refractivity (Wildman–Crippen MR) is 86.8 cm³/mol. The van der Waals surface area contributed by atoms with E-state index in [1.54, 1.807) is 6.92 Å². The van der Waals surface area contributed by atoms with Crippen molar-refractivity contribution < 1.29 is 31.6 Å². The van der Waals surface area contributed by atoms with E-state index in [0.717, 1.165) is 6.42 Å². The molecular formula is C15H19F5N2O2S. The minimum atomic E-state index is -4.86. The fraction of sp³-hybridized carbons (Fsp3) is 0.467. The third-order valence-electron chi connectivity index (χ3n) is 2.70. The zero-order valence-corrected chi connectivity index (χ0v) is 14.7. The maximum absolute atomic E-state index is 13.3. The van der Waals surface area contributed by atoms with Gasteiger partial charge in [0.25, 0.3) is 0 Å². The van der Waals surface area contributed by atoms with Crippen molar-refractivity contribution in [1.29, 1.82) is 0 Å². The summed E-state index contributed by atoms with van der Waals surface area (Å²) in [6, 6.07) is 3.86. The quantitative estimate of drug-likeness (QED) is 0.354. The predicted octanol–water partition coefficient (Wildman–Crippen LogP) is 4.38. The van der Waals surface area contributed by atoms with Crippen molar-refractivity contribution in [2.24, 2.45) is 10.9 Å². The summed E-state index contributed by atoms with van der Waals surface area (Å²) in [5.41, 5.74) is 3.88. The molecule has 0 spiro atoms. The lowest BCUT2D eigenvalue weighted by Crippen LogP contribution is -2.30. The number of oxime groups is 1. The molecule has 25 heavy (non-hydrogen) atoms. The fourth-order valence-electron chi connectivity index (χ4n) is 1.11. The summed E-state index contributed by atoms with van der Waals surface area (Å²) in [6.45, 7) is 5.67. The second-order valence-corrected chi connectivity index (χ2v) is 5.95. The van der Waals surface area contributed by atoms with Crippen LogP contribution >= 0.6 is 11.8 Å². The Morgan fingerprint density at radius 1 is 1.32 bits per heavy atom. The van der Waals surface area contributed by atoms with E-state index in [9.17, 15) is 22.0 Å². The standard InChI is InChI=1S/C13H17F2NOS.C2H2F3NO/c1-4-9(2)17-16-10(3)18-8-11-12(14)6-5-7-13(11)15;3-2(4,5)1(6)7/h5-7,9H,4,8H2,1-3H3;(H2,6,7)/b16-10+;. The molecule has 1 amide bonds.